The van der Waals surface area contributed by atoms with Gasteiger partial charge in [0.1, 0.15) is 0 Å². The zero-order valence-electron chi connectivity index (χ0n) is 12.5. The van der Waals surface area contributed by atoms with E-state index in [0.29, 0.717) is 7.92 Å². The molecule has 17 heavy (non-hydrogen) atoms. The molecule has 0 aromatic carbocycles. The first-order chi connectivity index (χ1) is 7.95. The van der Waals surface area contributed by atoms with Crippen LogP contribution in [0.15, 0.2) is 0 Å². The molecule has 2 aliphatic rings. The van der Waals surface area contributed by atoms with Crippen molar-refractivity contribution in [3.63, 3.8) is 0 Å². The summed E-state index contributed by atoms with van der Waals surface area (Å²) in [6.45, 7) is 12.9. The van der Waals surface area contributed by atoms with Crippen molar-refractivity contribution in [1.29, 1.82) is 0 Å². The molecule has 0 bridgehead atoms. The van der Waals surface area contributed by atoms with E-state index in [4.69, 9.17) is 0 Å². The SMILES string of the molecule is C[C@@H]1CC[C@@H](C)P1CC[PH]1(C)[C@H](C)CC[C@H]1C. The summed E-state index contributed by atoms with van der Waals surface area (Å²) in [7, 11) is -0.522. The average Bonchev–Trinajstić information content (AvgIpc) is 2.73. The maximum atomic E-state index is 2.72. The van der Waals surface area contributed by atoms with E-state index in [0.717, 1.165) is 22.6 Å². The van der Waals surface area contributed by atoms with Gasteiger partial charge in [0.15, 0.2) is 0 Å². The standard InChI is InChI=1S/C15H32P2/c1-12-6-7-13(2)16(12)10-11-17(5)14(3)8-9-15(17)4/h12-15,17H,6-11H2,1-5H3/t12-,13-,14-,15-/m1/s1. The van der Waals surface area contributed by atoms with Crippen molar-refractivity contribution >= 4 is 15.2 Å². The zero-order chi connectivity index (χ0) is 12.6. The van der Waals surface area contributed by atoms with E-state index in [-0.39, 0.29) is 0 Å². The first-order valence-corrected chi connectivity index (χ1v) is 12.2. The van der Waals surface area contributed by atoms with E-state index in [2.05, 4.69) is 34.4 Å². The van der Waals surface area contributed by atoms with Gasteiger partial charge in [-0.3, -0.25) is 0 Å². The fourth-order valence-corrected chi connectivity index (χ4v) is 13.5. The Balaban J connectivity index is 1.93. The Morgan fingerprint density at radius 2 is 1.35 bits per heavy atom. The van der Waals surface area contributed by atoms with E-state index in [1.807, 2.05) is 0 Å². The number of hydrogen-bond acceptors (Lipinski definition) is 0. The second-order valence-corrected chi connectivity index (χ2v) is 15.9. The van der Waals surface area contributed by atoms with Crippen LogP contribution >= 0.6 is 15.2 Å². The summed E-state index contributed by atoms with van der Waals surface area (Å²) in [5.74, 6) is 0. The molecule has 4 atom stereocenters. The molecule has 2 aliphatic heterocycles. The Morgan fingerprint density at radius 3 is 1.82 bits per heavy atom. The van der Waals surface area contributed by atoms with Gasteiger partial charge in [0.2, 0.25) is 0 Å². The van der Waals surface area contributed by atoms with Crippen molar-refractivity contribution < 1.29 is 0 Å². The molecule has 0 spiro atoms. The molecule has 0 aliphatic carbocycles. The Bertz CT molecular complexity index is 244. The van der Waals surface area contributed by atoms with Crippen LogP contribution < -0.4 is 0 Å². The molecule has 0 aromatic heterocycles. The van der Waals surface area contributed by atoms with E-state index < -0.39 is 7.26 Å². The van der Waals surface area contributed by atoms with Crippen LogP contribution in [0.1, 0.15) is 53.4 Å². The zero-order valence-corrected chi connectivity index (χ0v) is 14.4. The molecule has 0 aromatic rings. The van der Waals surface area contributed by atoms with Crippen molar-refractivity contribution in [1.82, 2.24) is 0 Å². The number of rotatable bonds is 3. The van der Waals surface area contributed by atoms with Crippen molar-refractivity contribution in [2.24, 2.45) is 0 Å². The van der Waals surface area contributed by atoms with E-state index >= 15 is 0 Å². The summed E-state index contributed by atoms with van der Waals surface area (Å²) in [5.41, 5.74) is 4.34. The number of hydrogen-bond donors (Lipinski definition) is 0. The molecule has 0 nitrogen and oxygen atoms in total. The first-order valence-electron chi connectivity index (χ1n) is 7.71. The molecular weight excluding hydrogens is 242 g/mol. The summed E-state index contributed by atoms with van der Waals surface area (Å²) in [6, 6.07) is 0. The predicted molar refractivity (Wildman–Crippen MR) is 87.2 cm³/mol. The van der Waals surface area contributed by atoms with Crippen LogP contribution in [0.5, 0.6) is 0 Å². The van der Waals surface area contributed by atoms with Gasteiger partial charge in [-0.25, -0.2) is 0 Å². The summed E-state index contributed by atoms with van der Waals surface area (Å²) in [6.07, 6.45) is 9.39. The Kier molecular flexibility index (Phi) is 4.59. The van der Waals surface area contributed by atoms with Gasteiger partial charge >= 0.3 is 110 Å². The Morgan fingerprint density at radius 1 is 0.882 bits per heavy atom. The molecule has 2 heterocycles. The van der Waals surface area contributed by atoms with Crippen molar-refractivity contribution in [3.05, 3.63) is 0 Å². The van der Waals surface area contributed by atoms with Crippen molar-refractivity contribution in [2.75, 3.05) is 19.0 Å². The molecule has 2 fully saturated rings. The topological polar surface area (TPSA) is 0 Å². The molecule has 2 rings (SSSR count). The van der Waals surface area contributed by atoms with Crippen molar-refractivity contribution in [2.45, 2.75) is 76.0 Å². The summed E-state index contributed by atoms with van der Waals surface area (Å²) >= 11 is 0. The second-order valence-electron chi connectivity index (χ2n) is 7.15. The van der Waals surface area contributed by atoms with Gasteiger partial charge in [-0.15, -0.1) is 0 Å². The van der Waals surface area contributed by atoms with Crippen LogP contribution in [-0.4, -0.2) is 41.6 Å². The molecule has 0 unspecified atom stereocenters. The average molecular weight is 274 g/mol. The van der Waals surface area contributed by atoms with Gasteiger partial charge in [0.05, 0.1) is 0 Å². The summed E-state index contributed by atoms with van der Waals surface area (Å²) in [4.78, 5) is 0. The van der Waals surface area contributed by atoms with Gasteiger partial charge in [0.25, 0.3) is 0 Å². The normalized spacial score (nSPS) is 44.1. The maximum absolute atomic E-state index is 2.72. The monoisotopic (exact) mass is 274 g/mol. The van der Waals surface area contributed by atoms with E-state index in [1.165, 1.54) is 25.7 Å². The third kappa shape index (κ3) is 2.74. The van der Waals surface area contributed by atoms with Crippen LogP contribution in [0.4, 0.5) is 0 Å². The molecule has 0 saturated carbocycles. The first kappa shape index (κ1) is 14.3. The quantitative estimate of drug-likeness (QED) is 0.636. The Labute approximate surface area is 110 Å². The minimum absolute atomic E-state index is 0.381. The van der Waals surface area contributed by atoms with Gasteiger partial charge in [-0.05, 0) is 0 Å². The molecular formula is C15H32P2. The molecule has 2 heteroatoms. The van der Waals surface area contributed by atoms with Crippen molar-refractivity contribution in [3.8, 4) is 0 Å². The third-order valence-corrected chi connectivity index (χ3v) is 16.7. The molecule has 102 valence electrons. The van der Waals surface area contributed by atoms with Gasteiger partial charge in [0, 0.05) is 0 Å². The van der Waals surface area contributed by atoms with Crippen LogP contribution in [0, 0.1) is 0 Å². The van der Waals surface area contributed by atoms with Crippen LogP contribution in [0.2, 0.25) is 0 Å². The van der Waals surface area contributed by atoms with Gasteiger partial charge in [-0.2, -0.15) is 0 Å². The van der Waals surface area contributed by atoms with E-state index in [9.17, 15) is 0 Å². The van der Waals surface area contributed by atoms with E-state index in [1.54, 1.807) is 12.3 Å². The van der Waals surface area contributed by atoms with Crippen LogP contribution in [-0.2, 0) is 0 Å². The molecule has 2 saturated heterocycles. The fourth-order valence-electron chi connectivity index (χ4n) is 4.20. The second kappa shape index (κ2) is 5.46. The summed E-state index contributed by atoms with van der Waals surface area (Å²) in [5, 5.41) is 0. The van der Waals surface area contributed by atoms with Gasteiger partial charge in [-0.1, -0.05) is 0 Å². The Hall–Kier alpha value is 0.860. The molecule has 0 radical (unpaired) electrons. The van der Waals surface area contributed by atoms with Gasteiger partial charge < -0.3 is 0 Å². The third-order valence-electron chi connectivity index (χ3n) is 6.33. The minimum atomic E-state index is -0.904. The molecule has 0 amide bonds. The van der Waals surface area contributed by atoms with Crippen LogP contribution in [0.25, 0.3) is 0 Å². The fraction of sp³-hybridized carbons (Fsp3) is 1.00. The van der Waals surface area contributed by atoms with Crippen LogP contribution in [0.3, 0.4) is 0 Å². The predicted octanol–water partition coefficient (Wildman–Crippen LogP) is 4.99. The molecule has 0 N–H and O–H groups in total. The summed E-state index contributed by atoms with van der Waals surface area (Å²) < 4.78 is 0.